The number of nitrogens with zero attached hydrogens (tertiary/aromatic N) is 5. The highest BCUT2D eigenvalue weighted by molar-refractivity contribution is 14.0. The highest BCUT2D eigenvalue weighted by atomic mass is 127. The topological polar surface area (TPSA) is 57.8 Å². The summed E-state index contributed by atoms with van der Waals surface area (Å²) in [7, 11) is 1.94. The number of pyridine rings is 1. The largest absolute Gasteiger partial charge is 0.357 e. The van der Waals surface area contributed by atoms with Gasteiger partial charge in [0.15, 0.2) is 11.6 Å². The molecule has 0 fully saturated rings. The second-order valence-electron chi connectivity index (χ2n) is 6.02. The summed E-state index contributed by atoms with van der Waals surface area (Å²) >= 11 is 0. The number of fused-ring (bicyclic) bond motifs is 1. The lowest BCUT2D eigenvalue weighted by Crippen LogP contribution is -2.38. The zero-order valence-electron chi connectivity index (χ0n) is 15.5. The maximum absolute atomic E-state index is 13.4. The average molecular weight is 482 g/mol. The minimum Gasteiger partial charge on any atom is -0.357 e. The van der Waals surface area contributed by atoms with Gasteiger partial charge in [0.2, 0.25) is 0 Å². The van der Waals surface area contributed by atoms with Gasteiger partial charge in [-0.2, -0.15) is 0 Å². The van der Waals surface area contributed by atoms with Gasteiger partial charge in [0.25, 0.3) is 0 Å². The number of benzene rings is 1. The minimum atomic E-state index is -0.225. The van der Waals surface area contributed by atoms with Crippen LogP contribution in [-0.4, -0.2) is 45.6 Å². The van der Waals surface area contributed by atoms with Crippen LogP contribution in [0.2, 0.25) is 0 Å². The maximum Gasteiger partial charge on any atom is 0.193 e. The van der Waals surface area contributed by atoms with Gasteiger partial charge in [-0.1, -0.05) is 18.2 Å². The number of hydrogen-bond donors (Lipinski definition) is 1. The highest BCUT2D eigenvalue weighted by Gasteiger charge is 2.08. The van der Waals surface area contributed by atoms with E-state index in [1.165, 1.54) is 6.07 Å². The van der Waals surface area contributed by atoms with Crippen LogP contribution >= 0.6 is 24.0 Å². The van der Waals surface area contributed by atoms with Crippen LogP contribution in [0.15, 0.2) is 53.7 Å². The molecule has 0 saturated carbocycles. The third-order valence-electron chi connectivity index (χ3n) is 3.99. The lowest BCUT2D eigenvalue weighted by atomic mass is 10.2. The number of aliphatic imine (C=N–C) groups is 1. The average Bonchev–Trinajstić information content (AvgIpc) is 3.04. The first kappa shape index (κ1) is 21.1. The van der Waals surface area contributed by atoms with Crippen LogP contribution in [0.1, 0.15) is 18.3 Å². The van der Waals surface area contributed by atoms with Gasteiger partial charge in [-0.3, -0.25) is 9.39 Å². The van der Waals surface area contributed by atoms with Crippen LogP contribution in [0, 0.1) is 5.82 Å². The molecular formula is C19H24FIN6. The van der Waals surface area contributed by atoms with E-state index in [0.29, 0.717) is 19.5 Å². The van der Waals surface area contributed by atoms with Gasteiger partial charge in [0.1, 0.15) is 11.6 Å². The Kier molecular flexibility index (Phi) is 7.96. The van der Waals surface area contributed by atoms with E-state index >= 15 is 0 Å². The van der Waals surface area contributed by atoms with Crippen LogP contribution in [-0.2, 0) is 13.0 Å². The van der Waals surface area contributed by atoms with Crippen molar-refractivity contribution in [1.29, 1.82) is 0 Å². The summed E-state index contributed by atoms with van der Waals surface area (Å²) in [5.41, 5.74) is 1.74. The molecule has 0 aliphatic carbocycles. The van der Waals surface area contributed by atoms with Gasteiger partial charge in [-0.05, 0) is 36.8 Å². The summed E-state index contributed by atoms with van der Waals surface area (Å²) in [6.07, 6.45) is 2.64. The quantitative estimate of drug-likeness (QED) is 0.333. The van der Waals surface area contributed by atoms with Crippen LogP contribution in [0.25, 0.3) is 5.65 Å². The van der Waals surface area contributed by atoms with E-state index in [-0.39, 0.29) is 29.8 Å². The predicted octanol–water partition coefficient (Wildman–Crippen LogP) is 3.13. The molecule has 3 aromatic rings. The Balaban J connectivity index is 0.00000261. The van der Waals surface area contributed by atoms with Gasteiger partial charge in [-0.15, -0.1) is 34.2 Å². The molecule has 8 heteroatoms. The third kappa shape index (κ3) is 5.62. The van der Waals surface area contributed by atoms with E-state index in [0.717, 1.165) is 29.5 Å². The molecule has 0 bridgehead atoms. The van der Waals surface area contributed by atoms with E-state index in [9.17, 15) is 4.39 Å². The van der Waals surface area contributed by atoms with Gasteiger partial charge < -0.3 is 10.2 Å². The molecule has 27 heavy (non-hydrogen) atoms. The summed E-state index contributed by atoms with van der Waals surface area (Å²) in [6.45, 7) is 3.96. The molecule has 0 aliphatic rings. The van der Waals surface area contributed by atoms with Crippen molar-refractivity contribution in [1.82, 2.24) is 24.8 Å². The molecule has 2 aromatic heterocycles. The SMILES string of the molecule is CCNC(=NCCc1nnc2ccccn12)N(C)Cc1cccc(F)c1.I. The summed E-state index contributed by atoms with van der Waals surface area (Å²) < 4.78 is 15.3. The van der Waals surface area contributed by atoms with E-state index < -0.39 is 0 Å². The lowest BCUT2D eigenvalue weighted by molar-refractivity contribution is 0.475. The standard InChI is InChI=1S/C19H23FN6.HI/c1-3-21-19(25(2)14-15-7-6-8-16(20)13-15)22-11-10-18-24-23-17-9-4-5-12-26(17)18;/h4-9,12-13H,3,10-11,14H2,1-2H3,(H,21,22);1H. The molecule has 0 saturated heterocycles. The summed E-state index contributed by atoms with van der Waals surface area (Å²) in [6, 6.07) is 12.5. The normalized spacial score (nSPS) is 11.3. The molecule has 1 N–H and O–H groups in total. The van der Waals surface area contributed by atoms with Crippen molar-refractivity contribution in [2.45, 2.75) is 19.9 Å². The van der Waals surface area contributed by atoms with Crippen molar-refractivity contribution in [2.24, 2.45) is 4.99 Å². The Bertz CT molecular complexity index is 895. The van der Waals surface area contributed by atoms with Crippen molar-refractivity contribution < 1.29 is 4.39 Å². The molecule has 0 amide bonds. The van der Waals surface area contributed by atoms with Crippen molar-refractivity contribution >= 4 is 35.6 Å². The van der Waals surface area contributed by atoms with Crippen molar-refractivity contribution in [3.63, 3.8) is 0 Å². The summed E-state index contributed by atoms with van der Waals surface area (Å²) in [5, 5.41) is 11.7. The highest BCUT2D eigenvalue weighted by Crippen LogP contribution is 2.07. The van der Waals surface area contributed by atoms with Gasteiger partial charge in [0, 0.05) is 39.3 Å². The smallest absolute Gasteiger partial charge is 0.193 e. The molecule has 6 nitrogen and oxygen atoms in total. The molecule has 2 heterocycles. The fraction of sp³-hybridized carbons (Fsp3) is 0.316. The first-order valence-electron chi connectivity index (χ1n) is 8.70. The Labute approximate surface area is 175 Å². The van der Waals surface area contributed by atoms with Gasteiger partial charge in [-0.25, -0.2) is 4.39 Å². The first-order chi connectivity index (χ1) is 12.7. The van der Waals surface area contributed by atoms with Crippen LogP contribution in [0.5, 0.6) is 0 Å². The van der Waals surface area contributed by atoms with E-state index in [4.69, 9.17) is 0 Å². The number of halogens is 2. The molecule has 0 atom stereocenters. The van der Waals surface area contributed by atoms with E-state index in [1.807, 2.05) is 53.7 Å². The number of guanidine groups is 1. The third-order valence-corrected chi connectivity index (χ3v) is 3.99. The Morgan fingerprint density at radius 2 is 2.07 bits per heavy atom. The van der Waals surface area contributed by atoms with Crippen LogP contribution in [0.4, 0.5) is 4.39 Å². The summed E-state index contributed by atoms with van der Waals surface area (Å²) in [4.78, 5) is 6.66. The molecule has 3 rings (SSSR count). The second-order valence-corrected chi connectivity index (χ2v) is 6.02. The lowest BCUT2D eigenvalue weighted by Gasteiger charge is -2.22. The van der Waals surface area contributed by atoms with Crippen molar-refractivity contribution in [2.75, 3.05) is 20.1 Å². The zero-order valence-corrected chi connectivity index (χ0v) is 17.8. The number of nitrogens with one attached hydrogen (secondary N) is 1. The molecule has 0 spiro atoms. The van der Waals surface area contributed by atoms with Crippen LogP contribution in [0.3, 0.4) is 0 Å². The predicted molar refractivity (Wildman–Crippen MR) is 116 cm³/mol. The van der Waals surface area contributed by atoms with Crippen molar-refractivity contribution in [3.8, 4) is 0 Å². The Morgan fingerprint density at radius 1 is 1.22 bits per heavy atom. The van der Waals surface area contributed by atoms with Crippen LogP contribution < -0.4 is 5.32 Å². The number of aromatic nitrogens is 3. The zero-order chi connectivity index (χ0) is 18.4. The molecule has 0 unspecified atom stereocenters. The Hall–Kier alpha value is -2.23. The number of hydrogen-bond acceptors (Lipinski definition) is 3. The van der Waals surface area contributed by atoms with E-state index in [1.54, 1.807) is 12.1 Å². The molecule has 0 radical (unpaired) electrons. The van der Waals surface area contributed by atoms with Gasteiger partial charge >= 0.3 is 0 Å². The fourth-order valence-corrected chi connectivity index (χ4v) is 2.78. The second kappa shape index (κ2) is 10.2. The summed E-state index contributed by atoms with van der Waals surface area (Å²) in [5.74, 6) is 1.44. The Morgan fingerprint density at radius 3 is 2.85 bits per heavy atom. The maximum atomic E-state index is 13.4. The van der Waals surface area contributed by atoms with Crippen molar-refractivity contribution in [3.05, 3.63) is 65.9 Å². The first-order valence-corrected chi connectivity index (χ1v) is 8.70. The molecule has 144 valence electrons. The molecule has 0 aliphatic heterocycles. The molecule has 1 aromatic carbocycles. The monoisotopic (exact) mass is 482 g/mol. The molecular weight excluding hydrogens is 458 g/mol. The van der Waals surface area contributed by atoms with E-state index in [2.05, 4.69) is 20.5 Å². The fourth-order valence-electron chi connectivity index (χ4n) is 2.78. The number of rotatable bonds is 6. The van der Waals surface area contributed by atoms with Gasteiger partial charge in [0.05, 0.1) is 0 Å². The minimum absolute atomic E-state index is 0.